The standard InChI is InChI=1S/C17H28N2O2S/c1-17(2)10-6-8-15(9-11-17)22-13-14(21-16(19)20)7-4-3-5-12-18/h6,8-11,14H,3-5,7,12-13,18H2,1-2H3,(H2,19,20). The summed E-state index contributed by atoms with van der Waals surface area (Å²) in [4.78, 5) is 12.2. The first-order chi connectivity index (χ1) is 10.4. The molecule has 0 aromatic carbocycles. The van der Waals surface area contributed by atoms with Crippen LogP contribution in [0.5, 0.6) is 0 Å². The Morgan fingerprint density at radius 3 is 2.77 bits per heavy atom. The number of rotatable bonds is 9. The highest BCUT2D eigenvalue weighted by Crippen LogP contribution is 2.28. The van der Waals surface area contributed by atoms with E-state index in [1.165, 1.54) is 4.91 Å². The number of allylic oxidation sites excluding steroid dienone is 5. The molecule has 1 atom stereocenters. The van der Waals surface area contributed by atoms with Gasteiger partial charge in [-0.15, -0.1) is 11.8 Å². The van der Waals surface area contributed by atoms with E-state index in [4.69, 9.17) is 16.2 Å². The molecule has 1 aliphatic carbocycles. The van der Waals surface area contributed by atoms with Gasteiger partial charge in [0.05, 0.1) is 0 Å². The Morgan fingerprint density at radius 1 is 1.32 bits per heavy atom. The lowest BCUT2D eigenvalue weighted by Crippen LogP contribution is -2.24. The number of nitrogens with two attached hydrogens (primary N) is 2. The second-order valence-corrected chi connectivity index (χ2v) is 7.18. The average Bonchev–Trinajstić information content (AvgIpc) is 2.61. The molecule has 0 bridgehead atoms. The highest BCUT2D eigenvalue weighted by molar-refractivity contribution is 8.03. The van der Waals surface area contributed by atoms with Crippen LogP contribution >= 0.6 is 11.8 Å². The molecular formula is C17H28N2O2S. The SMILES string of the molecule is CC1(C)C=CC=C(SCC(CCCCCN)OC(N)=O)C=C1. The van der Waals surface area contributed by atoms with Crippen LogP contribution in [0.1, 0.15) is 39.5 Å². The molecule has 1 aliphatic rings. The number of hydrogen-bond acceptors (Lipinski definition) is 4. The lowest BCUT2D eigenvalue weighted by Gasteiger charge is -2.16. The molecule has 0 fully saturated rings. The van der Waals surface area contributed by atoms with Gasteiger partial charge >= 0.3 is 6.09 Å². The predicted molar refractivity (Wildman–Crippen MR) is 94.6 cm³/mol. The van der Waals surface area contributed by atoms with Crippen molar-refractivity contribution in [2.75, 3.05) is 12.3 Å². The summed E-state index contributed by atoms with van der Waals surface area (Å²) >= 11 is 1.69. The molecule has 1 amide bonds. The van der Waals surface area contributed by atoms with Crippen LogP contribution in [0.3, 0.4) is 0 Å². The molecule has 22 heavy (non-hydrogen) atoms. The summed E-state index contributed by atoms with van der Waals surface area (Å²) in [5.74, 6) is 0.718. The molecule has 1 unspecified atom stereocenters. The van der Waals surface area contributed by atoms with Gasteiger partial charge in [0, 0.05) is 16.1 Å². The van der Waals surface area contributed by atoms with Crippen molar-refractivity contribution in [1.29, 1.82) is 0 Å². The first-order valence-electron chi connectivity index (χ1n) is 7.80. The molecule has 0 saturated heterocycles. The third-order valence-electron chi connectivity index (χ3n) is 3.41. The predicted octanol–water partition coefficient (Wildman–Crippen LogP) is 3.74. The summed E-state index contributed by atoms with van der Waals surface area (Å²) in [5, 5.41) is 0. The third-order valence-corrected chi connectivity index (χ3v) is 4.56. The second kappa shape index (κ2) is 9.74. The van der Waals surface area contributed by atoms with Crippen LogP contribution in [0, 0.1) is 5.41 Å². The minimum atomic E-state index is -0.698. The van der Waals surface area contributed by atoms with Crippen molar-refractivity contribution in [3.05, 3.63) is 35.3 Å². The number of thioether (sulfide) groups is 1. The van der Waals surface area contributed by atoms with Crippen molar-refractivity contribution < 1.29 is 9.53 Å². The molecule has 124 valence electrons. The molecule has 0 spiro atoms. The zero-order chi connectivity index (χ0) is 16.4. The van der Waals surface area contributed by atoms with E-state index in [0.29, 0.717) is 6.54 Å². The van der Waals surface area contributed by atoms with Crippen LogP contribution in [0.25, 0.3) is 0 Å². The molecule has 4 nitrogen and oxygen atoms in total. The smallest absolute Gasteiger partial charge is 0.404 e. The fourth-order valence-corrected chi connectivity index (χ4v) is 3.07. The van der Waals surface area contributed by atoms with Gasteiger partial charge in [0.2, 0.25) is 0 Å². The number of carbonyl (C=O) groups excluding carboxylic acids is 1. The fraction of sp³-hybridized carbons (Fsp3) is 0.588. The second-order valence-electron chi connectivity index (χ2n) is 6.09. The van der Waals surface area contributed by atoms with E-state index in [9.17, 15) is 4.79 Å². The molecule has 5 heteroatoms. The largest absolute Gasteiger partial charge is 0.446 e. The Labute approximate surface area is 138 Å². The molecule has 0 aromatic rings. The lowest BCUT2D eigenvalue weighted by atomic mass is 9.93. The Hall–Kier alpha value is -1.20. The number of amides is 1. The van der Waals surface area contributed by atoms with Crippen LogP contribution in [0.15, 0.2) is 35.3 Å². The molecule has 4 N–H and O–H groups in total. The van der Waals surface area contributed by atoms with Crippen molar-refractivity contribution in [1.82, 2.24) is 0 Å². The summed E-state index contributed by atoms with van der Waals surface area (Å²) in [7, 11) is 0. The van der Waals surface area contributed by atoms with Crippen LogP contribution in [-0.2, 0) is 4.74 Å². The quantitative estimate of drug-likeness (QED) is 0.633. The molecule has 0 saturated carbocycles. The minimum Gasteiger partial charge on any atom is -0.446 e. The molecule has 0 aromatic heterocycles. The van der Waals surface area contributed by atoms with Gasteiger partial charge in [-0.25, -0.2) is 4.79 Å². The number of unbranched alkanes of at least 4 members (excludes halogenated alkanes) is 2. The van der Waals surface area contributed by atoms with E-state index in [1.54, 1.807) is 11.8 Å². The van der Waals surface area contributed by atoms with Gasteiger partial charge < -0.3 is 16.2 Å². The zero-order valence-corrected chi connectivity index (χ0v) is 14.4. The van der Waals surface area contributed by atoms with E-state index in [1.807, 2.05) is 0 Å². The zero-order valence-electron chi connectivity index (χ0n) is 13.6. The lowest BCUT2D eigenvalue weighted by molar-refractivity contribution is 0.112. The summed E-state index contributed by atoms with van der Waals surface area (Å²) in [6, 6.07) is 0. The van der Waals surface area contributed by atoms with Crippen LogP contribution in [0.4, 0.5) is 4.79 Å². The van der Waals surface area contributed by atoms with E-state index < -0.39 is 6.09 Å². The van der Waals surface area contributed by atoms with Crippen LogP contribution in [-0.4, -0.2) is 24.5 Å². The highest BCUT2D eigenvalue weighted by atomic mass is 32.2. The highest BCUT2D eigenvalue weighted by Gasteiger charge is 2.15. The van der Waals surface area contributed by atoms with Gasteiger partial charge in [-0.05, 0) is 31.9 Å². The van der Waals surface area contributed by atoms with Gasteiger partial charge in [-0.1, -0.05) is 44.6 Å². The van der Waals surface area contributed by atoms with Gasteiger partial charge in [-0.2, -0.15) is 0 Å². The number of primary amides is 1. The van der Waals surface area contributed by atoms with E-state index in [2.05, 4.69) is 44.2 Å². The minimum absolute atomic E-state index is 0.0736. The fourth-order valence-electron chi connectivity index (χ4n) is 2.12. The number of ether oxygens (including phenoxy) is 1. The van der Waals surface area contributed by atoms with Crippen molar-refractivity contribution in [3.8, 4) is 0 Å². The van der Waals surface area contributed by atoms with Gasteiger partial charge in [0.25, 0.3) is 0 Å². The summed E-state index contributed by atoms with van der Waals surface area (Å²) in [6.07, 6.45) is 13.7. The van der Waals surface area contributed by atoms with Gasteiger partial charge in [-0.3, -0.25) is 0 Å². The molecule has 0 heterocycles. The summed E-state index contributed by atoms with van der Waals surface area (Å²) < 4.78 is 5.21. The molecular weight excluding hydrogens is 296 g/mol. The number of carbonyl (C=O) groups is 1. The van der Waals surface area contributed by atoms with Crippen LogP contribution < -0.4 is 11.5 Å². The topological polar surface area (TPSA) is 78.3 Å². The normalized spacial score (nSPS) is 17.7. The first-order valence-corrected chi connectivity index (χ1v) is 8.79. The van der Waals surface area contributed by atoms with Crippen molar-refractivity contribution in [2.45, 2.75) is 45.6 Å². The first kappa shape index (κ1) is 18.8. The van der Waals surface area contributed by atoms with E-state index >= 15 is 0 Å². The monoisotopic (exact) mass is 324 g/mol. The summed E-state index contributed by atoms with van der Waals surface area (Å²) in [6.45, 7) is 5.03. The van der Waals surface area contributed by atoms with Gasteiger partial charge in [0.1, 0.15) is 6.10 Å². The van der Waals surface area contributed by atoms with E-state index in [-0.39, 0.29) is 11.5 Å². The van der Waals surface area contributed by atoms with Crippen molar-refractivity contribution in [3.63, 3.8) is 0 Å². The maximum atomic E-state index is 11.0. The Morgan fingerprint density at radius 2 is 2.09 bits per heavy atom. The van der Waals surface area contributed by atoms with Crippen LogP contribution in [0.2, 0.25) is 0 Å². The maximum Gasteiger partial charge on any atom is 0.404 e. The molecule has 0 radical (unpaired) electrons. The van der Waals surface area contributed by atoms with Gasteiger partial charge in [0.15, 0.2) is 0 Å². The van der Waals surface area contributed by atoms with Crippen molar-refractivity contribution >= 4 is 17.9 Å². The molecule has 1 rings (SSSR count). The number of hydrogen-bond donors (Lipinski definition) is 2. The Bertz CT molecular complexity index is 442. The third kappa shape index (κ3) is 8.29. The van der Waals surface area contributed by atoms with Crippen molar-refractivity contribution in [2.24, 2.45) is 16.9 Å². The summed E-state index contributed by atoms with van der Waals surface area (Å²) in [5.41, 5.74) is 10.7. The molecule has 0 aliphatic heterocycles. The Kier molecular flexibility index (Phi) is 8.35. The Balaban J connectivity index is 2.47. The van der Waals surface area contributed by atoms with E-state index in [0.717, 1.165) is 31.4 Å². The maximum absolute atomic E-state index is 11.0. The average molecular weight is 324 g/mol.